The molecule has 0 amide bonds. The van der Waals surface area contributed by atoms with Crippen LogP contribution in [0.3, 0.4) is 0 Å². The number of likely N-dealkylation sites (N-methyl/N-ethyl adjacent to an activating group) is 1. The first-order valence-electron chi connectivity index (χ1n) is 10.8. The molecule has 0 spiro atoms. The fraction of sp³-hybridized carbons (Fsp3) is 1.00. The molecule has 0 aliphatic carbocycles. The summed E-state index contributed by atoms with van der Waals surface area (Å²) in [5, 5.41) is 9.11. The van der Waals surface area contributed by atoms with Gasteiger partial charge in [-0.1, -0.05) is 71.1 Å². The lowest BCUT2D eigenvalue weighted by atomic mass is 10.1. The van der Waals surface area contributed by atoms with E-state index in [9.17, 15) is 0 Å². The van der Waals surface area contributed by atoms with Crippen molar-refractivity contribution in [2.24, 2.45) is 0 Å². The largest absolute Gasteiger partial charge is 0.391 e. The minimum Gasteiger partial charge on any atom is -0.391 e. The number of nitrogens with zero attached hydrogens (tertiary/aromatic N) is 1. The molecule has 0 unspecified atom stereocenters. The van der Waals surface area contributed by atoms with Gasteiger partial charge in [0.1, 0.15) is 19.2 Å². The van der Waals surface area contributed by atoms with Crippen LogP contribution in [0.2, 0.25) is 0 Å². The van der Waals surface area contributed by atoms with Crippen LogP contribution in [0.1, 0.15) is 84.0 Å². The van der Waals surface area contributed by atoms with Crippen LogP contribution in [0.15, 0.2) is 0 Å². The third-order valence-electron chi connectivity index (χ3n) is 5.26. The minimum atomic E-state index is -0.00214. The standard InChI is InChI=1S/C21H44NO3/c1-4-5-6-7-8-9-10-11-12-13-14-15-21-24-19-20(25-21)18-22(2,3)16-17-23/h20-21,23H,4-19H2,1-3H3/q+1/t20-,21-/m0/s1. The Bertz CT molecular complexity index is 310. The molecule has 1 rings (SSSR count). The van der Waals surface area contributed by atoms with Crippen LogP contribution in [0.4, 0.5) is 0 Å². The minimum absolute atomic E-state index is 0.00214. The Balaban J connectivity index is 1.91. The molecule has 1 N–H and O–H groups in total. The summed E-state index contributed by atoms with van der Waals surface area (Å²) >= 11 is 0. The van der Waals surface area contributed by atoms with E-state index in [1.165, 1.54) is 70.6 Å². The number of aliphatic hydroxyl groups excluding tert-OH is 1. The van der Waals surface area contributed by atoms with E-state index in [4.69, 9.17) is 14.6 Å². The van der Waals surface area contributed by atoms with Crippen LogP contribution < -0.4 is 0 Å². The van der Waals surface area contributed by atoms with E-state index in [-0.39, 0.29) is 19.0 Å². The molecule has 0 radical (unpaired) electrons. The van der Waals surface area contributed by atoms with Crippen molar-refractivity contribution in [1.29, 1.82) is 0 Å². The highest BCUT2D eigenvalue weighted by atomic mass is 16.7. The van der Waals surface area contributed by atoms with Gasteiger partial charge in [-0.3, -0.25) is 0 Å². The third-order valence-corrected chi connectivity index (χ3v) is 5.26. The number of rotatable bonds is 16. The van der Waals surface area contributed by atoms with Gasteiger partial charge in [-0.05, 0) is 12.8 Å². The fourth-order valence-electron chi connectivity index (χ4n) is 3.64. The van der Waals surface area contributed by atoms with E-state index in [0.717, 1.165) is 24.0 Å². The molecule has 4 heteroatoms. The first kappa shape index (κ1) is 22.9. The molecular formula is C21H44NO3+. The van der Waals surface area contributed by atoms with Crippen molar-refractivity contribution in [2.75, 3.05) is 40.4 Å². The normalized spacial score (nSPS) is 21.1. The van der Waals surface area contributed by atoms with Crippen molar-refractivity contribution in [2.45, 2.75) is 96.4 Å². The smallest absolute Gasteiger partial charge is 0.158 e. The van der Waals surface area contributed by atoms with Gasteiger partial charge in [0, 0.05) is 0 Å². The molecule has 0 aromatic heterocycles. The predicted molar refractivity (Wildman–Crippen MR) is 105 cm³/mol. The Kier molecular flexibility index (Phi) is 12.8. The quantitative estimate of drug-likeness (QED) is 0.326. The monoisotopic (exact) mass is 358 g/mol. The molecule has 0 saturated carbocycles. The average molecular weight is 359 g/mol. The van der Waals surface area contributed by atoms with Gasteiger partial charge in [0.15, 0.2) is 6.29 Å². The molecule has 2 atom stereocenters. The van der Waals surface area contributed by atoms with Crippen molar-refractivity contribution in [1.82, 2.24) is 0 Å². The van der Waals surface area contributed by atoms with Gasteiger partial charge >= 0.3 is 0 Å². The van der Waals surface area contributed by atoms with E-state index in [0.29, 0.717) is 6.61 Å². The molecule has 0 aromatic carbocycles. The van der Waals surface area contributed by atoms with Crippen molar-refractivity contribution < 1.29 is 19.1 Å². The molecule has 25 heavy (non-hydrogen) atoms. The Morgan fingerprint density at radius 3 is 2.00 bits per heavy atom. The van der Waals surface area contributed by atoms with Gasteiger partial charge in [0.25, 0.3) is 0 Å². The Morgan fingerprint density at radius 1 is 0.880 bits per heavy atom. The summed E-state index contributed by atoms with van der Waals surface area (Å²) in [7, 11) is 4.27. The lowest BCUT2D eigenvalue weighted by Crippen LogP contribution is -2.47. The van der Waals surface area contributed by atoms with E-state index >= 15 is 0 Å². The summed E-state index contributed by atoms with van der Waals surface area (Å²) in [4.78, 5) is 0. The number of hydrogen-bond acceptors (Lipinski definition) is 3. The third kappa shape index (κ3) is 12.0. The van der Waals surface area contributed by atoms with Gasteiger partial charge in [-0.25, -0.2) is 0 Å². The molecule has 0 bridgehead atoms. The summed E-state index contributed by atoms with van der Waals surface area (Å²) in [6.45, 7) is 4.89. The Labute approximate surface area is 156 Å². The van der Waals surface area contributed by atoms with Crippen molar-refractivity contribution >= 4 is 0 Å². The highest BCUT2D eigenvalue weighted by Gasteiger charge is 2.31. The summed E-state index contributed by atoms with van der Waals surface area (Å²) < 4.78 is 12.6. The average Bonchev–Trinajstić information content (AvgIpc) is 2.99. The number of hydrogen-bond donors (Lipinski definition) is 1. The lowest BCUT2D eigenvalue weighted by molar-refractivity contribution is -0.893. The maximum Gasteiger partial charge on any atom is 0.158 e. The zero-order valence-electron chi connectivity index (χ0n) is 17.2. The zero-order valence-corrected chi connectivity index (χ0v) is 17.2. The van der Waals surface area contributed by atoms with Crippen molar-refractivity contribution in [3.8, 4) is 0 Å². The van der Waals surface area contributed by atoms with Crippen LogP contribution >= 0.6 is 0 Å². The molecule has 1 aliphatic rings. The molecule has 1 saturated heterocycles. The van der Waals surface area contributed by atoms with Gasteiger partial charge in [0.05, 0.1) is 27.3 Å². The van der Waals surface area contributed by atoms with E-state index in [2.05, 4.69) is 21.0 Å². The van der Waals surface area contributed by atoms with Crippen LogP contribution in [0, 0.1) is 0 Å². The van der Waals surface area contributed by atoms with Crippen molar-refractivity contribution in [3.63, 3.8) is 0 Å². The molecule has 1 fully saturated rings. The van der Waals surface area contributed by atoms with Crippen LogP contribution in [-0.4, -0.2) is 62.4 Å². The van der Waals surface area contributed by atoms with E-state index in [1.807, 2.05) is 0 Å². The first-order chi connectivity index (χ1) is 12.1. The van der Waals surface area contributed by atoms with Crippen LogP contribution in [0.25, 0.3) is 0 Å². The topological polar surface area (TPSA) is 38.7 Å². The van der Waals surface area contributed by atoms with Crippen molar-refractivity contribution in [3.05, 3.63) is 0 Å². The molecule has 4 nitrogen and oxygen atoms in total. The molecule has 1 heterocycles. The second-order valence-corrected chi connectivity index (χ2v) is 8.41. The maximum atomic E-state index is 9.11. The highest BCUT2D eigenvalue weighted by Crippen LogP contribution is 2.20. The van der Waals surface area contributed by atoms with Gasteiger partial charge < -0.3 is 19.1 Å². The second kappa shape index (κ2) is 14.0. The Hall–Kier alpha value is -0.160. The van der Waals surface area contributed by atoms with Crippen LogP contribution in [-0.2, 0) is 9.47 Å². The molecule has 150 valence electrons. The number of unbranched alkanes of at least 4 members (excludes halogenated alkanes) is 10. The van der Waals surface area contributed by atoms with Gasteiger partial charge in [-0.2, -0.15) is 0 Å². The Morgan fingerprint density at radius 2 is 1.44 bits per heavy atom. The first-order valence-corrected chi connectivity index (χ1v) is 10.8. The summed E-state index contributed by atoms with van der Waals surface area (Å²) in [5.41, 5.74) is 0. The van der Waals surface area contributed by atoms with Gasteiger partial charge in [-0.15, -0.1) is 0 Å². The molecule has 0 aromatic rings. The molecular weight excluding hydrogens is 314 g/mol. The maximum absolute atomic E-state index is 9.11. The number of quaternary nitrogens is 1. The highest BCUT2D eigenvalue weighted by molar-refractivity contribution is 4.65. The predicted octanol–water partition coefficient (Wildman–Crippen LogP) is 4.50. The van der Waals surface area contributed by atoms with E-state index < -0.39 is 0 Å². The lowest BCUT2D eigenvalue weighted by Gasteiger charge is -2.30. The zero-order chi connectivity index (χ0) is 18.4. The SMILES string of the molecule is CCCCCCCCCCCCC[C@H]1OC[C@H](C[N+](C)(C)CCO)O1. The summed E-state index contributed by atoms with van der Waals surface area (Å²) in [6, 6.07) is 0. The van der Waals surface area contributed by atoms with Crippen LogP contribution in [0.5, 0.6) is 0 Å². The summed E-state index contributed by atoms with van der Waals surface area (Å²) in [6.07, 6.45) is 16.3. The van der Waals surface area contributed by atoms with Gasteiger partial charge in [0.2, 0.25) is 0 Å². The molecule has 1 aliphatic heterocycles. The van der Waals surface area contributed by atoms with E-state index in [1.54, 1.807) is 0 Å². The number of ether oxygens (including phenoxy) is 2. The summed E-state index contributed by atoms with van der Waals surface area (Å²) in [5.74, 6) is 0. The number of aliphatic hydroxyl groups is 1. The second-order valence-electron chi connectivity index (χ2n) is 8.41. The fourth-order valence-corrected chi connectivity index (χ4v) is 3.64.